The van der Waals surface area contributed by atoms with Crippen LogP contribution in [0.1, 0.15) is 89.5 Å². The fourth-order valence-electron chi connectivity index (χ4n) is 5.38. The average molecular weight is 411 g/mol. The summed E-state index contributed by atoms with van der Waals surface area (Å²) < 4.78 is 0. The molecule has 2 heterocycles. The highest BCUT2D eigenvalue weighted by Gasteiger charge is 2.42. The summed E-state index contributed by atoms with van der Waals surface area (Å²) >= 11 is 0. The SMILES string of the molecule is CN1CCCN(C(C)(C)C)C1C(C)(C)C.CN1CCN(C(C)(C)C)C1C(C)(C)C. The molecule has 0 N–H and O–H groups in total. The second kappa shape index (κ2) is 9.14. The van der Waals surface area contributed by atoms with Crippen LogP contribution >= 0.6 is 0 Å². The van der Waals surface area contributed by atoms with Crippen molar-refractivity contribution in [2.24, 2.45) is 10.8 Å². The molecule has 0 amide bonds. The average Bonchev–Trinajstić information content (AvgIpc) is 2.87. The number of hydrogen-bond acceptors (Lipinski definition) is 4. The van der Waals surface area contributed by atoms with Gasteiger partial charge in [0.05, 0.1) is 12.3 Å². The molecule has 0 saturated carbocycles. The first-order valence-corrected chi connectivity index (χ1v) is 11.7. The van der Waals surface area contributed by atoms with Crippen LogP contribution in [0, 0.1) is 10.8 Å². The zero-order valence-corrected chi connectivity index (χ0v) is 22.5. The summed E-state index contributed by atoms with van der Waals surface area (Å²) in [7, 11) is 4.50. The molecular formula is C25H54N4. The van der Waals surface area contributed by atoms with Crippen molar-refractivity contribution >= 4 is 0 Å². The van der Waals surface area contributed by atoms with E-state index in [9.17, 15) is 0 Å². The van der Waals surface area contributed by atoms with Gasteiger partial charge in [-0.3, -0.25) is 19.6 Å². The third-order valence-corrected chi connectivity index (χ3v) is 6.30. The molecule has 2 fully saturated rings. The van der Waals surface area contributed by atoms with Crippen LogP contribution < -0.4 is 0 Å². The minimum absolute atomic E-state index is 0.270. The molecule has 2 rings (SSSR count). The predicted molar refractivity (Wildman–Crippen MR) is 129 cm³/mol. The molecule has 0 aliphatic carbocycles. The summed E-state index contributed by atoms with van der Waals surface area (Å²) in [5, 5.41) is 0. The first kappa shape index (κ1) is 26.9. The maximum atomic E-state index is 2.65. The van der Waals surface area contributed by atoms with Gasteiger partial charge >= 0.3 is 0 Å². The monoisotopic (exact) mass is 410 g/mol. The Morgan fingerprint density at radius 1 is 0.483 bits per heavy atom. The molecule has 0 bridgehead atoms. The molecule has 0 spiro atoms. The van der Waals surface area contributed by atoms with E-state index in [0.29, 0.717) is 23.2 Å². The number of nitrogens with zero attached hydrogens (tertiary/aromatic N) is 4. The topological polar surface area (TPSA) is 13.0 Å². The van der Waals surface area contributed by atoms with Gasteiger partial charge in [-0.25, -0.2) is 0 Å². The van der Waals surface area contributed by atoms with Crippen LogP contribution in [0.5, 0.6) is 0 Å². The van der Waals surface area contributed by atoms with E-state index < -0.39 is 0 Å². The quantitative estimate of drug-likeness (QED) is 0.544. The molecule has 2 unspecified atom stereocenters. The summed E-state index contributed by atoms with van der Waals surface area (Å²) in [6.07, 6.45) is 2.43. The third kappa shape index (κ3) is 7.19. The van der Waals surface area contributed by atoms with Crippen molar-refractivity contribution in [3.63, 3.8) is 0 Å². The van der Waals surface area contributed by atoms with Gasteiger partial charge in [-0.15, -0.1) is 0 Å². The van der Waals surface area contributed by atoms with E-state index >= 15 is 0 Å². The van der Waals surface area contributed by atoms with E-state index in [2.05, 4.69) is 117 Å². The minimum atomic E-state index is 0.270. The van der Waals surface area contributed by atoms with Crippen molar-refractivity contribution in [1.82, 2.24) is 19.6 Å². The fraction of sp³-hybridized carbons (Fsp3) is 1.00. The van der Waals surface area contributed by atoms with Crippen LogP contribution in [0.25, 0.3) is 0 Å². The molecule has 4 nitrogen and oxygen atoms in total. The van der Waals surface area contributed by atoms with E-state index in [-0.39, 0.29) is 11.1 Å². The third-order valence-electron chi connectivity index (χ3n) is 6.30. The summed E-state index contributed by atoms with van der Waals surface area (Å²) in [5.74, 6) is 0. The van der Waals surface area contributed by atoms with E-state index in [1.165, 1.54) is 32.6 Å². The van der Waals surface area contributed by atoms with Gasteiger partial charge in [0.15, 0.2) is 0 Å². The molecule has 0 aromatic heterocycles. The van der Waals surface area contributed by atoms with Crippen molar-refractivity contribution in [3.8, 4) is 0 Å². The molecule has 174 valence electrons. The van der Waals surface area contributed by atoms with Gasteiger partial charge in [0.1, 0.15) is 0 Å². The first-order chi connectivity index (χ1) is 12.8. The van der Waals surface area contributed by atoms with Crippen LogP contribution in [0.15, 0.2) is 0 Å². The number of likely N-dealkylation sites (N-methyl/N-ethyl adjacent to an activating group) is 1. The maximum absolute atomic E-state index is 2.65. The Balaban J connectivity index is 0.000000291. The summed E-state index contributed by atoms with van der Waals surface area (Å²) in [5.41, 5.74) is 1.20. The molecular weight excluding hydrogens is 356 g/mol. The van der Waals surface area contributed by atoms with Gasteiger partial charge in [-0.2, -0.15) is 0 Å². The fourth-order valence-corrected chi connectivity index (χ4v) is 5.38. The normalized spacial score (nSPS) is 27.1. The lowest BCUT2D eigenvalue weighted by Gasteiger charge is -2.54. The second-order valence-corrected chi connectivity index (χ2v) is 13.5. The highest BCUT2D eigenvalue weighted by atomic mass is 15.4. The molecule has 0 aromatic rings. The Bertz CT molecular complexity index is 501. The van der Waals surface area contributed by atoms with Crippen molar-refractivity contribution in [2.45, 2.75) is 113 Å². The van der Waals surface area contributed by atoms with Crippen LogP contribution in [0.3, 0.4) is 0 Å². The van der Waals surface area contributed by atoms with E-state index in [1.807, 2.05) is 0 Å². The highest BCUT2D eigenvalue weighted by Crippen LogP contribution is 2.35. The van der Waals surface area contributed by atoms with Gasteiger partial charge in [-0.05, 0) is 72.9 Å². The van der Waals surface area contributed by atoms with Crippen LogP contribution in [-0.2, 0) is 0 Å². The Morgan fingerprint density at radius 2 is 0.828 bits per heavy atom. The lowest BCUT2D eigenvalue weighted by molar-refractivity contribution is -0.0892. The zero-order chi connectivity index (χ0) is 23.0. The molecule has 2 atom stereocenters. The molecule has 2 aliphatic heterocycles. The lowest BCUT2D eigenvalue weighted by atomic mass is 9.86. The Kier molecular flexibility index (Phi) is 8.47. The van der Waals surface area contributed by atoms with Gasteiger partial charge in [0.25, 0.3) is 0 Å². The molecule has 29 heavy (non-hydrogen) atoms. The Hall–Kier alpha value is -0.160. The zero-order valence-electron chi connectivity index (χ0n) is 22.5. The van der Waals surface area contributed by atoms with Gasteiger partial charge in [0, 0.05) is 37.3 Å². The van der Waals surface area contributed by atoms with Crippen molar-refractivity contribution < 1.29 is 0 Å². The molecule has 0 radical (unpaired) electrons. The molecule has 2 saturated heterocycles. The predicted octanol–water partition coefficient (Wildman–Crippen LogP) is 5.20. The first-order valence-electron chi connectivity index (χ1n) is 11.7. The van der Waals surface area contributed by atoms with Crippen LogP contribution in [0.4, 0.5) is 0 Å². The minimum Gasteiger partial charge on any atom is -0.290 e. The van der Waals surface area contributed by atoms with Crippen LogP contribution in [-0.4, -0.2) is 83.3 Å². The standard InChI is InChI=1S/C13H28N2.C12H26N2/c1-12(2,3)11-14(7)9-8-10-15(11)13(4,5)6;1-11(2,3)10-13(7)8-9-14(10)12(4,5)6/h11H,8-10H2,1-7H3;10H,8-9H2,1-7H3. The summed E-state index contributed by atoms with van der Waals surface area (Å²) in [4.78, 5) is 10.3. The van der Waals surface area contributed by atoms with Crippen molar-refractivity contribution in [2.75, 3.05) is 40.3 Å². The molecule has 4 heteroatoms. The maximum Gasteiger partial charge on any atom is 0.0675 e. The molecule has 2 aliphatic rings. The number of hydrogen-bond donors (Lipinski definition) is 0. The lowest BCUT2D eigenvalue weighted by Crippen LogP contribution is -2.63. The van der Waals surface area contributed by atoms with Gasteiger partial charge in [-0.1, -0.05) is 41.5 Å². The van der Waals surface area contributed by atoms with E-state index in [0.717, 1.165) is 0 Å². The van der Waals surface area contributed by atoms with Crippen LogP contribution in [0.2, 0.25) is 0 Å². The second-order valence-electron chi connectivity index (χ2n) is 13.5. The van der Waals surface area contributed by atoms with Gasteiger partial charge < -0.3 is 0 Å². The largest absolute Gasteiger partial charge is 0.290 e. The molecule has 0 aromatic carbocycles. The van der Waals surface area contributed by atoms with Crippen molar-refractivity contribution in [1.29, 1.82) is 0 Å². The van der Waals surface area contributed by atoms with E-state index in [4.69, 9.17) is 0 Å². The number of rotatable bonds is 0. The Labute approximate surface area is 184 Å². The highest BCUT2D eigenvalue weighted by molar-refractivity contribution is 4.94. The van der Waals surface area contributed by atoms with Gasteiger partial charge in [0.2, 0.25) is 0 Å². The summed E-state index contributed by atoms with van der Waals surface area (Å²) in [6.45, 7) is 32.8. The smallest absolute Gasteiger partial charge is 0.0675 e. The van der Waals surface area contributed by atoms with Crippen molar-refractivity contribution in [3.05, 3.63) is 0 Å². The van der Waals surface area contributed by atoms with E-state index in [1.54, 1.807) is 0 Å². The summed E-state index contributed by atoms with van der Waals surface area (Å²) in [6, 6.07) is 0. The Morgan fingerprint density at radius 3 is 1.14 bits per heavy atom.